The first-order valence-electron chi connectivity index (χ1n) is 10.4. The third-order valence-corrected chi connectivity index (χ3v) is 5.62. The molecule has 2 aromatic carbocycles. The normalized spacial score (nSPS) is 11.7. The van der Waals surface area contributed by atoms with Gasteiger partial charge in [0.1, 0.15) is 0 Å². The number of benzene rings is 2. The zero-order chi connectivity index (χ0) is 21.8. The average Bonchev–Trinajstić information content (AvgIpc) is 2.77. The number of esters is 1. The van der Waals surface area contributed by atoms with Crippen molar-refractivity contribution >= 4 is 27.8 Å². The van der Waals surface area contributed by atoms with Gasteiger partial charge in [-0.15, -0.1) is 0 Å². The van der Waals surface area contributed by atoms with Gasteiger partial charge in [-0.3, -0.25) is 9.59 Å². The molecular weight excluding hydrogens is 446 g/mol. The molecule has 0 fully saturated rings. The van der Waals surface area contributed by atoms with Gasteiger partial charge in [0.05, 0.1) is 13.5 Å². The van der Waals surface area contributed by atoms with Gasteiger partial charge in [0, 0.05) is 29.1 Å². The van der Waals surface area contributed by atoms with Crippen LogP contribution in [0.25, 0.3) is 0 Å². The van der Waals surface area contributed by atoms with Crippen LogP contribution in [-0.4, -0.2) is 37.2 Å². The lowest BCUT2D eigenvalue weighted by molar-refractivity contribution is -0.140. The van der Waals surface area contributed by atoms with Crippen molar-refractivity contribution in [1.29, 1.82) is 0 Å². The van der Waals surface area contributed by atoms with Crippen molar-refractivity contribution in [2.24, 2.45) is 0 Å². The van der Waals surface area contributed by atoms with E-state index in [0.717, 1.165) is 36.6 Å². The Hall–Kier alpha value is -2.18. The van der Waals surface area contributed by atoms with Crippen LogP contribution in [0, 0.1) is 0 Å². The third kappa shape index (κ3) is 7.92. The summed E-state index contributed by atoms with van der Waals surface area (Å²) >= 11 is 3.49. The quantitative estimate of drug-likeness (QED) is 0.340. The number of nitrogens with one attached hydrogen (secondary N) is 1. The van der Waals surface area contributed by atoms with Gasteiger partial charge in [-0.2, -0.15) is 0 Å². The van der Waals surface area contributed by atoms with E-state index < -0.39 is 0 Å². The molecule has 0 unspecified atom stereocenters. The Bertz CT molecular complexity index is 790. The Balaban J connectivity index is 2.05. The van der Waals surface area contributed by atoms with E-state index in [1.54, 1.807) is 0 Å². The third-order valence-electron chi connectivity index (χ3n) is 5.09. The minimum absolute atomic E-state index is 0.155. The number of rotatable bonds is 12. The highest BCUT2D eigenvalue weighted by Gasteiger charge is 2.15. The topological polar surface area (TPSA) is 75.6 Å². The lowest BCUT2D eigenvalue weighted by atomic mass is 9.86. The zero-order valence-corrected chi connectivity index (χ0v) is 19.0. The molecule has 0 aliphatic heterocycles. The largest absolute Gasteiger partial charge is 0.469 e. The van der Waals surface area contributed by atoms with Crippen LogP contribution in [0.3, 0.4) is 0 Å². The van der Waals surface area contributed by atoms with Crippen LogP contribution in [0.5, 0.6) is 0 Å². The molecule has 6 heteroatoms. The van der Waals surface area contributed by atoms with Crippen molar-refractivity contribution < 1.29 is 19.4 Å². The molecule has 30 heavy (non-hydrogen) atoms. The monoisotopic (exact) mass is 475 g/mol. The maximum absolute atomic E-state index is 12.3. The highest BCUT2D eigenvalue weighted by molar-refractivity contribution is 9.10. The summed E-state index contributed by atoms with van der Waals surface area (Å²) in [5.41, 5.74) is 2.99. The number of hydrogen-bond donors (Lipinski definition) is 2. The standard InChI is InChI=1S/C24H30BrNO4/c1-30-23(28)15-16-26-24(29)20-9-7-18(8-10-20)22(6-4-2-3-5-17-27)19-11-13-21(25)14-12-19/h7-14,22,27H,2-6,15-17H2,1H3,(H,26,29)/t22-/m1/s1. The molecule has 0 aliphatic rings. The molecule has 162 valence electrons. The summed E-state index contributed by atoms with van der Waals surface area (Å²) in [7, 11) is 1.33. The number of aliphatic hydroxyl groups is 1. The maximum atomic E-state index is 12.3. The molecule has 1 atom stereocenters. The first kappa shape index (κ1) is 24.1. The molecule has 0 heterocycles. The second-order valence-electron chi connectivity index (χ2n) is 7.23. The van der Waals surface area contributed by atoms with Gasteiger partial charge in [-0.05, 0) is 48.2 Å². The molecular formula is C24H30BrNO4. The van der Waals surface area contributed by atoms with Gasteiger partial charge in [0.2, 0.25) is 0 Å². The second-order valence-corrected chi connectivity index (χ2v) is 8.15. The summed E-state index contributed by atoms with van der Waals surface area (Å²) in [5, 5.41) is 11.7. The van der Waals surface area contributed by atoms with Gasteiger partial charge >= 0.3 is 5.97 Å². The number of unbranched alkanes of at least 4 members (excludes halogenated alkanes) is 3. The summed E-state index contributed by atoms with van der Waals surface area (Å²) in [6.07, 6.45) is 5.22. The smallest absolute Gasteiger partial charge is 0.307 e. The first-order valence-corrected chi connectivity index (χ1v) is 11.2. The first-order chi connectivity index (χ1) is 14.5. The SMILES string of the molecule is COC(=O)CCNC(=O)c1ccc([C@@H](CCCCCCO)c2ccc(Br)cc2)cc1. The molecule has 2 aromatic rings. The van der Waals surface area contributed by atoms with Crippen LogP contribution in [0.2, 0.25) is 0 Å². The van der Waals surface area contributed by atoms with E-state index in [9.17, 15) is 9.59 Å². The molecule has 0 bridgehead atoms. The minimum atomic E-state index is -0.345. The Morgan fingerprint density at radius 2 is 1.57 bits per heavy atom. The fourth-order valence-electron chi connectivity index (χ4n) is 3.38. The number of halogens is 1. The molecule has 0 saturated carbocycles. The Morgan fingerprint density at radius 3 is 2.17 bits per heavy atom. The Morgan fingerprint density at radius 1 is 0.967 bits per heavy atom. The lowest BCUT2D eigenvalue weighted by Crippen LogP contribution is -2.26. The van der Waals surface area contributed by atoms with Crippen molar-refractivity contribution in [2.45, 2.75) is 44.4 Å². The molecule has 2 N–H and O–H groups in total. The lowest BCUT2D eigenvalue weighted by Gasteiger charge is -2.19. The Labute approximate surface area is 187 Å². The fourth-order valence-corrected chi connectivity index (χ4v) is 3.65. The number of aliphatic hydroxyl groups excluding tert-OH is 1. The molecule has 0 radical (unpaired) electrons. The van der Waals surface area contributed by atoms with Gasteiger partial charge in [-0.25, -0.2) is 0 Å². The van der Waals surface area contributed by atoms with E-state index in [1.165, 1.54) is 18.2 Å². The number of hydrogen-bond acceptors (Lipinski definition) is 4. The van der Waals surface area contributed by atoms with Crippen LogP contribution in [-0.2, 0) is 9.53 Å². The molecule has 0 saturated heterocycles. The van der Waals surface area contributed by atoms with E-state index in [-0.39, 0.29) is 37.4 Å². The van der Waals surface area contributed by atoms with Crippen LogP contribution in [0.1, 0.15) is 65.9 Å². The molecule has 1 amide bonds. The summed E-state index contributed by atoms with van der Waals surface area (Å²) in [6, 6.07) is 16.1. The highest BCUT2D eigenvalue weighted by Crippen LogP contribution is 2.31. The van der Waals surface area contributed by atoms with Crippen LogP contribution < -0.4 is 5.32 Å². The van der Waals surface area contributed by atoms with Crippen molar-refractivity contribution in [1.82, 2.24) is 5.32 Å². The molecule has 0 aromatic heterocycles. The Kier molecular flexibility index (Phi) is 10.6. The van der Waals surface area contributed by atoms with Gasteiger partial charge in [-0.1, -0.05) is 59.5 Å². The van der Waals surface area contributed by atoms with Gasteiger partial charge in [0.15, 0.2) is 0 Å². The average molecular weight is 476 g/mol. The molecule has 0 aliphatic carbocycles. The minimum Gasteiger partial charge on any atom is -0.469 e. The maximum Gasteiger partial charge on any atom is 0.307 e. The highest BCUT2D eigenvalue weighted by atomic mass is 79.9. The van der Waals surface area contributed by atoms with Crippen LogP contribution in [0.15, 0.2) is 53.0 Å². The zero-order valence-electron chi connectivity index (χ0n) is 17.4. The van der Waals surface area contributed by atoms with Gasteiger partial charge in [0.25, 0.3) is 5.91 Å². The molecule has 2 rings (SSSR count). The van der Waals surface area contributed by atoms with E-state index >= 15 is 0 Å². The second kappa shape index (κ2) is 13.2. The molecule has 0 spiro atoms. The summed E-state index contributed by atoms with van der Waals surface area (Å²) in [5.74, 6) is -0.291. The number of ether oxygens (including phenoxy) is 1. The van der Waals surface area contributed by atoms with E-state index in [4.69, 9.17) is 5.11 Å². The van der Waals surface area contributed by atoms with Crippen molar-refractivity contribution in [3.63, 3.8) is 0 Å². The summed E-state index contributed by atoms with van der Waals surface area (Å²) < 4.78 is 5.63. The summed E-state index contributed by atoms with van der Waals surface area (Å²) in [4.78, 5) is 23.4. The van der Waals surface area contributed by atoms with Crippen molar-refractivity contribution in [2.75, 3.05) is 20.3 Å². The van der Waals surface area contributed by atoms with Crippen molar-refractivity contribution in [3.05, 3.63) is 69.7 Å². The molecule has 5 nitrogen and oxygen atoms in total. The van der Waals surface area contributed by atoms with E-state index in [2.05, 4.69) is 50.2 Å². The number of methoxy groups -OCH3 is 1. The van der Waals surface area contributed by atoms with Crippen LogP contribution in [0.4, 0.5) is 0 Å². The predicted octanol–water partition coefficient (Wildman–Crippen LogP) is 4.82. The number of carbonyl (C=O) groups excluding carboxylic acids is 2. The fraction of sp³-hybridized carbons (Fsp3) is 0.417. The van der Waals surface area contributed by atoms with E-state index in [1.807, 2.05) is 24.3 Å². The van der Waals surface area contributed by atoms with E-state index in [0.29, 0.717) is 5.56 Å². The van der Waals surface area contributed by atoms with Gasteiger partial charge < -0.3 is 15.2 Å². The predicted molar refractivity (Wildman–Crippen MR) is 122 cm³/mol. The van der Waals surface area contributed by atoms with Crippen LogP contribution >= 0.6 is 15.9 Å². The van der Waals surface area contributed by atoms with Crippen molar-refractivity contribution in [3.8, 4) is 0 Å². The number of amides is 1. The summed E-state index contributed by atoms with van der Waals surface area (Å²) in [6.45, 7) is 0.502. The number of carbonyl (C=O) groups is 2.